The first-order chi connectivity index (χ1) is 27.3. The van der Waals surface area contributed by atoms with Crippen molar-refractivity contribution < 1.29 is 0 Å². The standard InChI is InChI=1S/C51H37N3Si/c1-6-20-39(21-7-1)50-49(51(40-22-8-2-9-23-40)54(52-50)42-24-10-3-11-25-42)38-34-36-41(37-35-38)53-45-30-16-18-32-47(45)55(43-26-12-4-13-27-43,44-28-14-5-15-29-44)48-33-19-17-31-46(48)53/h1-37H. The lowest BCUT2D eigenvalue weighted by Crippen LogP contribution is -2.77. The molecule has 4 heteroatoms. The monoisotopic (exact) mass is 719 g/mol. The summed E-state index contributed by atoms with van der Waals surface area (Å²) in [6, 6.07) is 81.2. The van der Waals surface area contributed by atoms with Crippen molar-refractivity contribution in [3.05, 3.63) is 224 Å². The fourth-order valence-electron chi connectivity index (χ4n) is 8.57. The molecule has 0 saturated carbocycles. The molecule has 1 aromatic heterocycles. The van der Waals surface area contributed by atoms with Gasteiger partial charge in [-0.2, -0.15) is 5.10 Å². The molecule has 0 spiro atoms. The normalized spacial score (nSPS) is 12.8. The summed E-state index contributed by atoms with van der Waals surface area (Å²) in [4.78, 5) is 2.47. The van der Waals surface area contributed by atoms with Gasteiger partial charge in [0.25, 0.3) is 0 Å². The van der Waals surface area contributed by atoms with Gasteiger partial charge in [-0.1, -0.05) is 188 Å². The molecular weight excluding hydrogens is 683 g/mol. The predicted octanol–water partition coefficient (Wildman–Crippen LogP) is 10.0. The van der Waals surface area contributed by atoms with Crippen molar-refractivity contribution in [1.29, 1.82) is 0 Å². The lowest BCUT2D eigenvalue weighted by atomic mass is 9.95. The van der Waals surface area contributed by atoms with E-state index in [0.717, 1.165) is 45.0 Å². The lowest BCUT2D eigenvalue weighted by molar-refractivity contribution is 0.892. The Morgan fingerprint density at radius 2 is 0.782 bits per heavy atom. The number of benzene rings is 8. The maximum absolute atomic E-state index is 5.36. The van der Waals surface area contributed by atoms with E-state index < -0.39 is 8.07 Å². The number of para-hydroxylation sites is 3. The fraction of sp³-hybridized carbons (Fsp3) is 0. The smallest absolute Gasteiger partial charge is 0.184 e. The number of rotatable bonds is 7. The molecule has 1 aliphatic heterocycles. The molecular formula is C51H37N3Si. The van der Waals surface area contributed by atoms with Crippen LogP contribution >= 0.6 is 0 Å². The summed E-state index contributed by atoms with van der Waals surface area (Å²) >= 11 is 0. The minimum atomic E-state index is -2.69. The van der Waals surface area contributed by atoms with E-state index in [1.807, 2.05) is 0 Å². The Bertz CT molecular complexity index is 2640. The molecule has 2 heterocycles. The molecule has 8 aromatic carbocycles. The number of aromatic nitrogens is 2. The number of hydrogen-bond acceptors (Lipinski definition) is 2. The Kier molecular flexibility index (Phi) is 8.16. The Morgan fingerprint density at radius 3 is 1.31 bits per heavy atom. The average molecular weight is 720 g/mol. The second-order valence-corrected chi connectivity index (χ2v) is 17.7. The summed E-state index contributed by atoms with van der Waals surface area (Å²) in [6.45, 7) is 0. The highest BCUT2D eigenvalue weighted by molar-refractivity contribution is 7.21. The highest BCUT2D eigenvalue weighted by Crippen LogP contribution is 2.43. The lowest BCUT2D eigenvalue weighted by Gasteiger charge is -2.45. The summed E-state index contributed by atoms with van der Waals surface area (Å²) in [7, 11) is -2.69. The minimum Gasteiger partial charge on any atom is -0.311 e. The zero-order chi connectivity index (χ0) is 36.6. The summed E-state index contributed by atoms with van der Waals surface area (Å²) in [5, 5.41) is 10.9. The third kappa shape index (κ3) is 5.38. The van der Waals surface area contributed by atoms with Crippen molar-refractivity contribution >= 4 is 45.9 Å². The number of anilines is 3. The van der Waals surface area contributed by atoms with Gasteiger partial charge in [-0.05, 0) is 62.7 Å². The number of fused-ring (bicyclic) bond motifs is 2. The van der Waals surface area contributed by atoms with Crippen molar-refractivity contribution in [1.82, 2.24) is 9.78 Å². The van der Waals surface area contributed by atoms with Crippen molar-refractivity contribution in [2.24, 2.45) is 0 Å². The largest absolute Gasteiger partial charge is 0.311 e. The molecule has 0 amide bonds. The first-order valence-corrected chi connectivity index (χ1v) is 20.8. The van der Waals surface area contributed by atoms with Crippen LogP contribution in [0.25, 0.3) is 39.3 Å². The van der Waals surface area contributed by atoms with Gasteiger partial charge in [0.1, 0.15) is 5.69 Å². The first kappa shape index (κ1) is 32.6. The van der Waals surface area contributed by atoms with Crippen LogP contribution in [0.5, 0.6) is 0 Å². The summed E-state index contributed by atoms with van der Waals surface area (Å²) in [5.41, 5.74) is 11.0. The molecule has 55 heavy (non-hydrogen) atoms. The van der Waals surface area contributed by atoms with Gasteiger partial charge >= 0.3 is 0 Å². The zero-order valence-electron chi connectivity index (χ0n) is 30.2. The van der Waals surface area contributed by atoms with E-state index in [-0.39, 0.29) is 0 Å². The van der Waals surface area contributed by atoms with Crippen LogP contribution in [0.15, 0.2) is 224 Å². The Labute approximate surface area is 323 Å². The summed E-state index contributed by atoms with van der Waals surface area (Å²) in [5.74, 6) is 0. The van der Waals surface area contributed by atoms with Gasteiger partial charge < -0.3 is 4.90 Å². The second-order valence-electron chi connectivity index (χ2n) is 14.0. The van der Waals surface area contributed by atoms with Crippen LogP contribution in [0.2, 0.25) is 0 Å². The van der Waals surface area contributed by atoms with Crippen LogP contribution in [0.4, 0.5) is 17.1 Å². The molecule has 0 radical (unpaired) electrons. The molecule has 0 aliphatic carbocycles. The molecule has 0 fully saturated rings. The summed E-state index contributed by atoms with van der Waals surface area (Å²) in [6.07, 6.45) is 0. The van der Waals surface area contributed by atoms with Gasteiger partial charge in [0.05, 0.1) is 11.4 Å². The number of nitrogens with zero attached hydrogens (tertiary/aromatic N) is 3. The topological polar surface area (TPSA) is 21.1 Å². The molecule has 0 atom stereocenters. The van der Waals surface area contributed by atoms with Crippen LogP contribution in [-0.2, 0) is 0 Å². The zero-order valence-corrected chi connectivity index (χ0v) is 31.2. The third-order valence-electron chi connectivity index (χ3n) is 10.9. The van der Waals surface area contributed by atoms with E-state index in [0.29, 0.717) is 0 Å². The maximum atomic E-state index is 5.36. The van der Waals surface area contributed by atoms with Crippen LogP contribution in [-0.4, -0.2) is 17.9 Å². The average Bonchev–Trinajstić information content (AvgIpc) is 3.68. The molecule has 1 aliphatic rings. The van der Waals surface area contributed by atoms with E-state index in [4.69, 9.17) is 5.10 Å². The van der Waals surface area contributed by atoms with E-state index >= 15 is 0 Å². The quantitative estimate of drug-likeness (QED) is 0.153. The Morgan fingerprint density at radius 1 is 0.345 bits per heavy atom. The van der Waals surface area contributed by atoms with Crippen molar-refractivity contribution in [3.63, 3.8) is 0 Å². The third-order valence-corrected chi connectivity index (χ3v) is 15.8. The molecule has 0 N–H and O–H groups in total. The number of hydrogen-bond donors (Lipinski definition) is 0. The van der Waals surface area contributed by atoms with Crippen LogP contribution in [0.1, 0.15) is 0 Å². The van der Waals surface area contributed by atoms with Gasteiger partial charge in [-0.15, -0.1) is 0 Å². The first-order valence-electron chi connectivity index (χ1n) is 18.8. The van der Waals surface area contributed by atoms with Gasteiger partial charge in [0, 0.05) is 33.8 Å². The summed E-state index contributed by atoms with van der Waals surface area (Å²) < 4.78 is 2.11. The fourth-order valence-corrected chi connectivity index (χ4v) is 13.7. The van der Waals surface area contributed by atoms with Gasteiger partial charge in [0.15, 0.2) is 8.07 Å². The van der Waals surface area contributed by atoms with Crippen molar-refractivity contribution in [2.45, 2.75) is 0 Å². The minimum absolute atomic E-state index is 0.950. The highest BCUT2D eigenvalue weighted by atomic mass is 28.3. The van der Waals surface area contributed by atoms with Crippen LogP contribution < -0.4 is 25.6 Å². The van der Waals surface area contributed by atoms with E-state index in [2.05, 4.69) is 234 Å². The molecule has 9 aromatic rings. The molecule has 260 valence electrons. The van der Waals surface area contributed by atoms with Crippen LogP contribution in [0.3, 0.4) is 0 Å². The Balaban J connectivity index is 1.18. The van der Waals surface area contributed by atoms with Gasteiger partial charge in [-0.25, -0.2) is 4.68 Å². The molecule has 0 saturated heterocycles. The van der Waals surface area contributed by atoms with E-state index in [1.165, 1.54) is 32.1 Å². The van der Waals surface area contributed by atoms with Gasteiger partial charge in [-0.3, -0.25) is 0 Å². The molecule has 10 rings (SSSR count). The van der Waals surface area contributed by atoms with E-state index in [1.54, 1.807) is 0 Å². The molecule has 0 bridgehead atoms. The van der Waals surface area contributed by atoms with E-state index in [9.17, 15) is 0 Å². The molecule has 3 nitrogen and oxygen atoms in total. The van der Waals surface area contributed by atoms with Crippen molar-refractivity contribution in [3.8, 4) is 39.3 Å². The second kappa shape index (κ2) is 13.8. The predicted molar refractivity (Wildman–Crippen MR) is 232 cm³/mol. The highest BCUT2D eigenvalue weighted by Gasteiger charge is 2.48. The van der Waals surface area contributed by atoms with Crippen LogP contribution in [0, 0.1) is 0 Å². The Hall–Kier alpha value is -7.01. The van der Waals surface area contributed by atoms with Crippen molar-refractivity contribution in [2.75, 3.05) is 4.90 Å². The van der Waals surface area contributed by atoms with Gasteiger partial charge in [0.2, 0.25) is 0 Å². The maximum Gasteiger partial charge on any atom is 0.184 e. The molecule has 0 unspecified atom stereocenters. The SMILES string of the molecule is c1ccc(-c2nn(-c3ccccc3)c(-c3ccccc3)c2-c2ccc(N3c4ccccc4[Si](c4ccccc4)(c4ccccc4)c4ccccc43)cc2)cc1.